The molecule has 0 saturated carbocycles. The molecule has 0 aliphatic rings. The van der Waals surface area contributed by atoms with E-state index < -0.39 is 56.2 Å². The smallest absolute Gasteiger partial charge is 0.232 e. The second-order valence-corrected chi connectivity index (χ2v) is 6.24. The molecule has 0 aliphatic carbocycles. The minimum Gasteiger partial charge on any atom is -0.487 e. The molecular weight excluding hydrogens is 319 g/mol. The summed E-state index contributed by atoms with van der Waals surface area (Å²) in [5.41, 5.74) is 0. The van der Waals surface area contributed by atoms with Crippen molar-refractivity contribution in [3.05, 3.63) is 29.1 Å². The van der Waals surface area contributed by atoms with Crippen LogP contribution in [0.1, 0.15) is 6.42 Å². The lowest BCUT2D eigenvalue weighted by Gasteiger charge is -2.09. The number of ether oxygens (including phenoxy) is 1. The van der Waals surface area contributed by atoms with Crippen LogP contribution in [0.4, 0.5) is 22.0 Å². The molecule has 0 heterocycles. The van der Waals surface area contributed by atoms with Crippen molar-refractivity contribution in [2.45, 2.75) is 6.42 Å². The largest absolute Gasteiger partial charge is 0.487 e. The van der Waals surface area contributed by atoms with Crippen LogP contribution in [0.5, 0.6) is 5.75 Å². The maximum absolute atomic E-state index is 13.1. The molecule has 3 nitrogen and oxygen atoms in total. The van der Waals surface area contributed by atoms with E-state index in [4.69, 9.17) is 10.7 Å². The molecule has 0 spiro atoms. The van der Waals surface area contributed by atoms with Crippen molar-refractivity contribution in [2.75, 3.05) is 12.4 Å². The van der Waals surface area contributed by atoms with Crippen LogP contribution in [0.2, 0.25) is 0 Å². The lowest BCUT2D eigenvalue weighted by Crippen LogP contribution is -2.10. The van der Waals surface area contributed by atoms with Crippen molar-refractivity contribution < 1.29 is 35.1 Å². The van der Waals surface area contributed by atoms with Crippen molar-refractivity contribution in [1.29, 1.82) is 0 Å². The fourth-order valence-electron chi connectivity index (χ4n) is 1.12. The second kappa shape index (κ2) is 5.91. The SMILES string of the molecule is O=S(=O)(Cl)CCCOc1c(F)c(F)c(F)c(F)c1F. The summed E-state index contributed by atoms with van der Waals surface area (Å²) in [6.45, 7) is -0.579. The summed E-state index contributed by atoms with van der Waals surface area (Å²) < 4.78 is 89.7. The van der Waals surface area contributed by atoms with E-state index in [1.165, 1.54) is 0 Å². The molecule has 0 N–H and O–H groups in total. The van der Waals surface area contributed by atoms with E-state index in [0.29, 0.717) is 0 Å². The van der Waals surface area contributed by atoms with Gasteiger partial charge in [0.05, 0.1) is 12.4 Å². The first kappa shape index (κ1) is 16.0. The van der Waals surface area contributed by atoms with Gasteiger partial charge in [-0.2, -0.15) is 8.78 Å². The van der Waals surface area contributed by atoms with Gasteiger partial charge in [0, 0.05) is 10.7 Å². The maximum atomic E-state index is 13.1. The van der Waals surface area contributed by atoms with E-state index in [0.717, 1.165) is 0 Å². The van der Waals surface area contributed by atoms with E-state index in [2.05, 4.69) is 4.74 Å². The van der Waals surface area contributed by atoms with Gasteiger partial charge in [-0.15, -0.1) is 0 Å². The summed E-state index contributed by atoms with van der Waals surface area (Å²) in [5, 5.41) is 0. The summed E-state index contributed by atoms with van der Waals surface area (Å²) in [6, 6.07) is 0. The highest BCUT2D eigenvalue weighted by Crippen LogP contribution is 2.29. The first-order valence-electron chi connectivity index (χ1n) is 4.71. The predicted octanol–water partition coefficient (Wildman–Crippen LogP) is 2.72. The van der Waals surface area contributed by atoms with E-state index in [-0.39, 0.29) is 6.42 Å². The molecule has 0 fully saturated rings. The van der Waals surface area contributed by atoms with Gasteiger partial charge in [-0.1, -0.05) is 0 Å². The van der Waals surface area contributed by atoms with Crippen molar-refractivity contribution >= 4 is 19.7 Å². The van der Waals surface area contributed by atoms with Crippen molar-refractivity contribution in [3.63, 3.8) is 0 Å². The van der Waals surface area contributed by atoms with Gasteiger partial charge >= 0.3 is 0 Å². The zero-order valence-corrected chi connectivity index (χ0v) is 10.6. The molecule has 0 saturated heterocycles. The molecule has 0 aromatic heterocycles. The molecule has 0 unspecified atom stereocenters. The standard InChI is InChI=1S/C9H6ClF5O3S/c10-19(16,17)3-1-2-18-9-7(14)5(12)4(11)6(13)8(9)15/h1-3H2. The molecule has 0 atom stereocenters. The topological polar surface area (TPSA) is 43.4 Å². The Kier molecular flexibility index (Phi) is 4.97. The molecule has 1 aromatic carbocycles. The van der Waals surface area contributed by atoms with Crippen LogP contribution in [-0.4, -0.2) is 20.8 Å². The van der Waals surface area contributed by atoms with E-state index in [1.807, 2.05) is 0 Å². The Morgan fingerprint density at radius 3 is 1.74 bits per heavy atom. The first-order valence-corrected chi connectivity index (χ1v) is 7.19. The predicted molar refractivity (Wildman–Crippen MR) is 56.0 cm³/mol. The van der Waals surface area contributed by atoms with Gasteiger partial charge in [0.25, 0.3) is 0 Å². The van der Waals surface area contributed by atoms with Crippen LogP contribution in [0, 0.1) is 29.1 Å². The third-order valence-corrected chi connectivity index (χ3v) is 3.19. The van der Waals surface area contributed by atoms with Gasteiger partial charge < -0.3 is 4.74 Å². The fourth-order valence-corrected chi connectivity index (χ4v) is 1.91. The number of hydrogen-bond donors (Lipinski definition) is 0. The highest BCUT2D eigenvalue weighted by Gasteiger charge is 2.26. The fraction of sp³-hybridized carbons (Fsp3) is 0.333. The summed E-state index contributed by atoms with van der Waals surface area (Å²) in [6.07, 6.45) is -0.272. The minimum atomic E-state index is -3.83. The van der Waals surface area contributed by atoms with E-state index >= 15 is 0 Å². The average Bonchev–Trinajstić information content (AvgIpc) is 2.32. The van der Waals surface area contributed by atoms with Crippen molar-refractivity contribution in [1.82, 2.24) is 0 Å². The van der Waals surface area contributed by atoms with Gasteiger partial charge in [0.2, 0.25) is 38.1 Å². The third kappa shape index (κ3) is 3.93. The molecule has 0 aliphatic heterocycles. The van der Waals surface area contributed by atoms with Crippen LogP contribution in [-0.2, 0) is 9.05 Å². The molecular formula is C9H6ClF5O3S. The van der Waals surface area contributed by atoms with E-state index in [1.54, 1.807) is 0 Å². The Morgan fingerprint density at radius 2 is 1.32 bits per heavy atom. The zero-order valence-electron chi connectivity index (χ0n) is 9.02. The lowest BCUT2D eigenvalue weighted by molar-refractivity contribution is 0.263. The monoisotopic (exact) mass is 324 g/mol. The summed E-state index contributed by atoms with van der Waals surface area (Å²) >= 11 is 0. The summed E-state index contributed by atoms with van der Waals surface area (Å²) in [7, 11) is 1.02. The number of hydrogen-bond acceptors (Lipinski definition) is 3. The average molecular weight is 325 g/mol. The van der Waals surface area contributed by atoms with Gasteiger partial charge in [-0.3, -0.25) is 0 Å². The summed E-state index contributed by atoms with van der Waals surface area (Å²) in [4.78, 5) is 0. The maximum Gasteiger partial charge on any atom is 0.232 e. The normalized spacial score (nSPS) is 11.7. The highest BCUT2D eigenvalue weighted by atomic mass is 35.7. The van der Waals surface area contributed by atoms with Crippen molar-refractivity contribution in [2.24, 2.45) is 0 Å². The zero-order chi connectivity index (χ0) is 14.8. The first-order chi connectivity index (χ1) is 8.65. The molecule has 19 heavy (non-hydrogen) atoms. The molecule has 10 heteroatoms. The Bertz CT molecular complexity index is 561. The lowest BCUT2D eigenvalue weighted by atomic mass is 10.2. The molecule has 0 amide bonds. The third-order valence-electron chi connectivity index (χ3n) is 1.95. The van der Waals surface area contributed by atoms with Gasteiger partial charge in [0.1, 0.15) is 0 Å². The van der Waals surface area contributed by atoms with Gasteiger partial charge in [0.15, 0.2) is 5.75 Å². The molecule has 0 radical (unpaired) electrons. The van der Waals surface area contributed by atoms with Crippen LogP contribution < -0.4 is 4.74 Å². The molecule has 1 aromatic rings. The molecule has 108 valence electrons. The number of rotatable bonds is 5. The quantitative estimate of drug-likeness (QED) is 0.275. The highest BCUT2D eigenvalue weighted by molar-refractivity contribution is 8.13. The van der Waals surface area contributed by atoms with Crippen LogP contribution in [0.3, 0.4) is 0 Å². The Balaban J connectivity index is 2.85. The molecule has 0 bridgehead atoms. The van der Waals surface area contributed by atoms with E-state index in [9.17, 15) is 30.4 Å². The number of halogens is 6. The van der Waals surface area contributed by atoms with Crippen LogP contribution in [0.15, 0.2) is 0 Å². The Morgan fingerprint density at radius 1 is 0.895 bits per heavy atom. The Labute approximate surface area is 109 Å². The van der Waals surface area contributed by atoms with Gasteiger partial charge in [-0.25, -0.2) is 21.6 Å². The van der Waals surface area contributed by atoms with Crippen LogP contribution in [0.25, 0.3) is 0 Å². The second-order valence-electron chi connectivity index (χ2n) is 3.34. The summed E-state index contributed by atoms with van der Waals surface area (Å²) in [5.74, 6) is -12.8. The Hall–Kier alpha value is -1.09. The molecule has 1 rings (SSSR count). The van der Waals surface area contributed by atoms with Gasteiger partial charge in [-0.05, 0) is 6.42 Å². The van der Waals surface area contributed by atoms with Crippen LogP contribution >= 0.6 is 10.7 Å². The number of benzene rings is 1. The minimum absolute atomic E-state index is 0.272. The van der Waals surface area contributed by atoms with Crippen molar-refractivity contribution in [3.8, 4) is 5.75 Å².